The van der Waals surface area contributed by atoms with Crippen molar-refractivity contribution in [2.24, 2.45) is 0 Å². The summed E-state index contributed by atoms with van der Waals surface area (Å²) in [6, 6.07) is 15.6. The summed E-state index contributed by atoms with van der Waals surface area (Å²) in [5.41, 5.74) is 6.56. The van der Waals surface area contributed by atoms with Crippen LogP contribution in [0.25, 0.3) is 16.8 Å². The van der Waals surface area contributed by atoms with Crippen LogP contribution in [0, 0.1) is 0 Å². The number of nitrogens with zero attached hydrogens (tertiary/aromatic N) is 3. The van der Waals surface area contributed by atoms with Gasteiger partial charge in [0.05, 0.1) is 11.9 Å². The molecule has 1 aromatic carbocycles. The summed E-state index contributed by atoms with van der Waals surface area (Å²) in [5, 5.41) is 7.24. The van der Waals surface area contributed by atoms with Gasteiger partial charge >= 0.3 is 0 Å². The van der Waals surface area contributed by atoms with Gasteiger partial charge in [-0.3, -0.25) is 9.38 Å². The largest absolute Gasteiger partial charge is 0.382 e. The monoisotopic (exact) mass is 475 g/mol. The number of anilines is 2. The van der Waals surface area contributed by atoms with Gasteiger partial charge in [-0.1, -0.05) is 37.5 Å². The third-order valence-electron chi connectivity index (χ3n) is 5.96. The van der Waals surface area contributed by atoms with Gasteiger partial charge in [-0.15, -0.1) is 0 Å². The molecule has 0 atom stereocenters. The van der Waals surface area contributed by atoms with Gasteiger partial charge in [-0.25, -0.2) is 4.98 Å². The smallest absolute Gasteiger partial charge is 0.161 e. The summed E-state index contributed by atoms with van der Waals surface area (Å²) in [4.78, 5) is 8.78. The zero-order chi connectivity index (χ0) is 21.0. The highest BCUT2D eigenvalue weighted by atomic mass is 79.9. The number of hydrogen-bond acceptors (Lipinski definition) is 4. The predicted octanol–water partition coefficient (Wildman–Crippen LogP) is 6.52. The molecule has 0 spiro atoms. The summed E-state index contributed by atoms with van der Waals surface area (Å²) in [6.45, 7) is 0.696. The molecule has 0 radical (unpaired) electrons. The summed E-state index contributed by atoms with van der Waals surface area (Å²) >= 11 is 3.62. The van der Waals surface area contributed by atoms with E-state index in [-0.39, 0.29) is 0 Å². The Morgan fingerprint density at radius 2 is 1.84 bits per heavy atom. The van der Waals surface area contributed by atoms with E-state index < -0.39 is 0 Å². The SMILES string of the molecule is Brc1cnc2c(NCc3cccnc3)cc(-c3ccc(NC4CCCCC4)cc3)cn12. The fourth-order valence-electron chi connectivity index (χ4n) is 4.29. The molecule has 1 aliphatic rings. The molecule has 158 valence electrons. The van der Waals surface area contributed by atoms with Crippen LogP contribution < -0.4 is 10.6 Å². The van der Waals surface area contributed by atoms with Gasteiger partial charge in [0.25, 0.3) is 0 Å². The maximum Gasteiger partial charge on any atom is 0.161 e. The van der Waals surface area contributed by atoms with Crippen molar-refractivity contribution in [3.05, 3.63) is 77.4 Å². The van der Waals surface area contributed by atoms with E-state index in [2.05, 4.69) is 83.5 Å². The minimum Gasteiger partial charge on any atom is -0.382 e. The highest BCUT2D eigenvalue weighted by molar-refractivity contribution is 9.10. The molecule has 1 aliphatic carbocycles. The lowest BCUT2D eigenvalue weighted by atomic mass is 9.95. The van der Waals surface area contributed by atoms with Gasteiger partial charge in [-0.2, -0.15) is 0 Å². The van der Waals surface area contributed by atoms with Gasteiger partial charge in [0.15, 0.2) is 5.65 Å². The summed E-state index contributed by atoms with van der Waals surface area (Å²) in [7, 11) is 0. The lowest BCUT2D eigenvalue weighted by Crippen LogP contribution is -2.22. The minimum absolute atomic E-state index is 0.612. The first-order valence-corrected chi connectivity index (χ1v) is 11.7. The van der Waals surface area contributed by atoms with Crippen LogP contribution in [0.4, 0.5) is 11.4 Å². The van der Waals surface area contributed by atoms with Crippen molar-refractivity contribution in [2.45, 2.75) is 44.7 Å². The van der Waals surface area contributed by atoms with E-state index >= 15 is 0 Å². The normalized spacial score (nSPS) is 14.6. The van der Waals surface area contributed by atoms with E-state index in [1.54, 1.807) is 6.20 Å². The highest BCUT2D eigenvalue weighted by Crippen LogP contribution is 2.30. The molecule has 6 heteroatoms. The van der Waals surface area contributed by atoms with Gasteiger partial charge in [0.2, 0.25) is 0 Å². The molecular formula is C25H26BrN5. The molecule has 4 aromatic rings. The number of fused-ring (bicyclic) bond motifs is 1. The fraction of sp³-hybridized carbons (Fsp3) is 0.280. The molecule has 0 aliphatic heterocycles. The second-order valence-corrected chi connectivity index (χ2v) is 9.00. The first-order chi connectivity index (χ1) is 15.3. The highest BCUT2D eigenvalue weighted by Gasteiger charge is 2.13. The molecule has 0 amide bonds. The Kier molecular flexibility index (Phi) is 5.89. The molecule has 0 saturated heterocycles. The number of rotatable bonds is 6. The number of aromatic nitrogens is 3. The quantitative estimate of drug-likeness (QED) is 0.333. The lowest BCUT2D eigenvalue weighted by molar-refractivity contribution is 0.463. The van der Waals surface area contributed by atoms with Crippen molar-refractivity contribution in [1.82, 2.24) is 14.4 Å². The molecule has 5 rings (SSSR count). The van der Waals surface area contributed by atoms with Crippen LogP contribution in [0.5, 0.6) is 0 Å². The lowest BCUT2D eigenvalue weighted by Gasteiger charge is -2.24. The van der Waals surface area contributed by atoms with Crippen LogP contribution in [0.15, 0.2) is 71.9 Å². The molecular weight excluding hydrogens is 450 g/mol. The maximum atomic E-state index is 4.57. The van der Waals surface area contributed by atoms with Crippen molar-refractivity contribution in [3.63, 3.8) is 0 Å². The summed E-state index contributed by atoms with van der Waals surface area (Å²) < 4.78 is 3.01. The molecule has 0 bridgehead atoms. The average molecular weight is 476 g/mol. The second kappa shape index (κ2) is 9.10. The van der Waals surface area contributed by atoms with E-state index in [1.807, 2.05) is 18.5 Å². The molecule has 3 aromatic heterocycles. The molecule has 1 fully saturated rings. The van der Waals surface area contributed by atoms with E-state index in [9.17, 15) is 0 Å². The van der Waals surface area contributed by atoms with Crippen LogP contribution in [0.3, 0.4) is 0 Å². The molecule has 0 unspecified atom stereocenters. The summed E-state index contributed by atoms with van der Waals surface area (Å²) in [5.74, 6) is 0. The van der Waals surface area contributed by atoms with Crippen LogP contribution in [0.2, 0.25) is 0 Å². The van der Waals surface area contributed by atoms with Crippen molar-refractivity contribution in [3.8, 4) is 11.1 Å². The van der Waals surface area contributed by atoms with Crippen molar-refractivity contribution < 1.29 is 0 Å². The van der Waals surface area contributed by atoms with Gasteiger partial charge < -0.3 is 10.6 Å². The Morgan fingerprint density at radius 1 is 1.00 bits per heavy atom. The molecule has 31 heavy (non-hydrogen) atoms. The summed E-state index contributed by atoms with van der Waals surface area (Å²) in [6.07, 6.45) is 14.2. The molecule has 5 nitrogen and oxygen atoms in total. The number of hydrogen-bond donors (Lipinski definition) is 2. The van der Waals surface area contributed by atoms with E-state index in [1.165, 1.54) is 43.4 Å². The standard InChI is InChI=1S/C25H26BrN5/c26-24-16-29-25-23(28-15-18-5-4-12-27-14-18)13-20(17-31(24)25)19-8-10-22(11-9-19)30-21-6-2-1-3-7-21/h4-5,8-14,16-17,21,28,30H,1-3,6-7,15H2. The van der Waals surface area contributed by atoms with E-state index in [0.29, 0.717) is 12.6 Å². The Labute approximate surface area is 191 Å². The second-order valence-electron chi connectivity index (χ2n) is 8.19. The third kappa shape index (κ3) is 4.59. The van der Waals surface area contributed by atoms with Crippen LogP contribution in [-0.2, 0) is 6.54 Å². The zero-order valence-corrected chi connectivity index (χ0v) is 19.0. The number of pyridine rings is 2. The predicted molar refractivity (Wildman–Crippen MR) is 130 cm³/mol. The van der Waals surface area contributed by atoms with Crippen molar-refractivity contribution in [1.29, 1.82) is 0 Å². The number of nitrogens with one attached hydrogen (secondary N) is 2. The molecule has 2 N–H and O–H groups in total. The van der Waals surface area contributed by atoms with Gasteiger partial charge in [-0.05, 0) is 64.2 Å². The fourth-order valence-corrected chi connectivity index (χ4v) is 4.66. The Balaban J connectivity index is 1.40. The van der Waals surface area contributed by atoms with Crippen LogP contribution in [0.1, 0.15) is 37.7 Å². The third-order valence-corrected chi connectivity index (χ3v) is 6.55. The maximum absolute atomic E-state index is 4.57. The minimum atomic E-state index is 0.612. The first kappa shape index (κ1) is 20.1. The molecule has 1 saturated carbocycles. The molecule has 3 heterocycles. The topological polar surface area (TPSA) is 54.2 Å². The average Bonchev–Trinajstić information content (AvgIpc) is 3.20. The number of benzene rings is 1. The van der Waals surface area contributed by atoms with Crippen LogP contribution >= 0.6 is 15.9 Å². The van der Waals surface area contributed by atoms with Gasteiger partial charge in [0.1, 0.15) is 4.60 Å². The van der Waals surface area contributed by atoms with Crippen LogP contribution in [-0.4, -0.2) is 20.4 Å². The van der Waals surface area contributed by atoms with Crippen molar-refractivity contribution in [2.75, 3.05) is 10.6 Å². The Bertz CT molecular complexity index is 1150. The number of imidazole rings is 1. The van der Waals surface area contributed by atoms with E-state index in [4.69, 9.17) is 0 Å². The Hall–Kier alpha value is -2.86. The number of halogens is 1. The Morgan fingerprint density at radius 3 is 2.61 bits per heavy atom. The van der Waals surface area contributed by atoms with Crippen molar-refractivity contribution >= 4 is 33.0 Å². The van der Waals surface area contributed by atoms with E-state index in [0.717, 1.165) is 27.1 Å². The zero-order valence-electron chi connectivity index (χ0n) is 17.4. The first-order valence-electron chi connectivity index (χ1n) is 10.9. The van der Waals surface area contributed by atoms with Gasteiger partial charge in [0, 0.05) is 42.4 Å².